The number of hydrogen-bond acceptors (Lipinski definition) is 9. The number of hydrogen-bond donors (Lipinski definition) is 1. The number of sulfonamides is 1. The Kier molecular flexibility index (Phi) is 9.98. The van der Waals surface area contributed by atoms with E-state index in [2.05, 4.69) is 37.2 Å². The number of piperazine rings is 1. The van der Waals surface area contributed by atoms with Crippen molar-refractivity contribution < 1.29 is 22.7 Å². The van der Waals surface area contributed by atoms with E-state index in [0.717, 1.165) is 98.9 Å². The van der Waals surface area contributed by atoms with Gasteiger partial charge in [0.05, 0.1) is 37.3 Å². The number of urea groups is 1. The minimum Gasteiger partial charge on any atom is -0.493 e. The van der Waals surface area contributed by atoms with Crippen LogP contribution in [0.15, 0.2) is 48.8 Å². The molecule has 3 aliphatic heterocycles. The molecule has 0 bridgehead atoms. The van der Waals surface area contributed by atoms with Crippen molar-refractivity contribution in [3.05, 3.63) is 54.5 Å². The number of ether oxygens (including phenoxy) is 2. The van der Waals surface area contributed by atoms with Crippen molar-refractivity contribution in [3.63, 3.8) is 0 Å². The van der Waals surface area contributed by atoms with E-state index in [0.29, 0.717) is 32.8 Å². The fourth-order valence-corrected chi connectivity index (χ4v) is 7.20. The van der Waals surface area contributed by atoms with Crippen LogP contribution in [0.5, 0.6) is 5.75 Å². The Morgan fingerprint density at radius 3 is 2.40 bits per heavy atom. The summed E-state index contributed by atoms with van der Waals surface area (Å²) in [5.41, 5.74) is 3.83. The van der Waals surface area contributed by atoms with E-state index < -0.39 is 10.0 Å². The lowest BCUT2D eigenvalue weighted by Gasteiger charge is -2.33. The van der Waals surface area contributed by atoms with Gasteiger partial charge in [0.1, 0.15) is 12.1 Å². The van der Waals surface area contributed by atoms with Crippen LogP contribution in [0.2, 0.25) is 0 Å². The number of piperidine rings is 1. The zero-order chi connectivity index (χ0) is 31.2. The van der Waals surface area contributed by atoms with Gasteiger partial charge in [-0.2, -0.15) is 4.31 Å². The number of fused-ring (bicyclic) bond motifs is 1. The third kappa shape index (κ3) is 8.01. The summed E-state index contributed by atoms with van der Waals surface area (Å²) in [6.07, 6.45) is 5.43. The summed E-state index contributed by atoms with van der Waals surface area (Å²) in [4.78, 5) is 28.7. The minimum atomic E-state index is -3.11. The van der Waals surface area contributed by atoms with E-state index in [1.165, 1.54) is 6.26 Å². The molecule has 0 spiro atoms. The number of amides is 2. The van der Waals surface area contributed by atoms with E-state index in [1.54, 1.807) is 10.6 Å². The van der Waals surface area contributed by atoms with Crippen LogP contribution >= 0.6 is 0 Å². The number of likely N-dealkylation sites (tertiary alicyclic amines) is 1. The number of aromatic nitrogens is 2. The van der Waals surface area contributed by atoms with Gasteiger partial charge in [0.15, 0.2) is 0 Å². The molecule has 3 aliphatic rings. The molecule has 0 unspecified atom stereocenters. The van der Waals surface area contributed by atoms with Crippen LogP contribution in [0.3, 0.4) is 0 Å². The Morgan fingerprint density at radius 1 is 0.956 bits per heavy atom. The van der Waals surface area contributed by atoms with Crippen molar-refractivity contribution in [1.29, 1.82) is 0 Å². The average Bonchev–Trinajstić information content (AvgIpc) is 3.07. The number of nitrogens with zero attached hydrogens (tertiary/aromatic N) is 6. The molecule has 0 atom stereocenters. The minimum absolute atomic E-state index is 0.0712. The maximum absolute atomic E-state index is 13.0. The molecule has 2 amide bonds. The van der Waals surface area contributed by atoms with E-state index in [4.69, 9.17) is 9.47 Å². The first-order valence-corrected chi connectivity index (χ1v) is 17.7. The Labute approximate surface area is 265 Å². The Hall–Kier alpha value is -3.52. The third-order valence-electron chi connectivity index (χ3n) is 8.99. The second kappa shape index (κ2) is 14.3. The lowest BCUT2D eigenvalue weighted by atomic mass is 9.91. The molecule has 0 radical (unpaired) electrons. The Bertz CT molecular complexity index is 1550. The molecule has 0 aliphatic carbocycles. The van der Waals surface area contributed by atoms with Crippen LogP contribution in [0.25, 0.3) is 10.9 Å². The van der Waals surface area contributed by atoms with E-state index in [9.17, 15) is 13.2 Å². The molecule has 13 heteroatoms. The number of carbonyl (C=O) groups excluding carboxylic acids is 1. The van der Waals surface area contributed by atoms with Gasteiger partial charge in [-0.3, -0.25) is 0 Å². The van der Waals surface area contributed by atoms with Crippen molar-refractivity contribution in [3.8, 4) is 5.75 Å². The highest BCUT2D eigenvalue weighted by Gasteiger charge is 2.27. The predicted molar refractivity (Wildman–Crippen MR) is 175 cm³/mol. The lowest BCUT2D eigenvalue weighted by molar-refractivity contribution is 0.122. The number of nitrogens with one attached hydrogen (secondary N) is 1. The maximum Gasteiger partial charge on any atom is 0.321 e. The summed E-state index contributed by atoms with van der Waals surface area (Å²) >= 11 is 0. The van der Waals surface area contributed by atoms with Crippen LogP contribution < -0.4 is 15.0 Å². The van der Waals surface area contributed by atoms with Crippen LogP contribution in [0.4, 0.5) is 16.2 Å². The first kappa shape index (κ1) is 31.5. The first-order chi connectivity index (χ1) is 21.8. The largest absolute Gasteiger partial charge is 0.493 e. The molecule has 3 aromatic rings. The molecule has 3 fully saturated rings. The SMILES string of the molecule is CS(=O)(=O)N1CCN(CCCOc2ccc3c(C4CCN(C(=O)Nc5ccc(N6CCOCC6)cc5)CC4)ncnc3c2)CC1. The molecular weight excluding hydrogens is 594 g/mol. The normalized spacial score (nSPS) is 19.1. The highest BCUT2D eigenvalue weighted by atomic mass is 32.2. The van der Waals surface area contributed by atoms with Gasteiger partial charge >= 0.3 is 6.03 Å². The fraction of sp³-hybridized carbons (Fsp3) is 0.531. The van der Waals surface area contributed by atoms with Crippen LogP contribution in [0, 0.1) is 0 Å². The molecule has 12 nitrogen and oxygen atoms in total. The zero-order valence-electron chi connectivity index (χ0n) is 25.9. The summed E-state index contributed by atoms with van der Waals surface area (Å²) in [7, 11) is -3.11. The van der Waals surface area contributed by atoms with Crippen LogP contribution in [-0.4, -0.2) is 124 Å². The third-order valence-corrected chi connectivity index (χ3v) is 10.3. The van der Waals surface area contributed by atoms with Gasteiger partial charge in [-0.05, 0) is 55.7 Å². The average molecular weight is 638 g/mol. The Morgan fingerprint density at radius 2 is 1.69 bits per heavy atom. The van der Waals surface area contributed by atoms with E-state index >= 15 is 0 Å². The smallest absolute Gasteiger partial charge is 0.321 e. The van der Waals surface area contributed by atoms with Gasteiger partial charge in [-0.1, -0.05) is 0 Å². The molecule has 1 aromatic heterocycles. The highest BCUT2D eigenvalue weighted by Crippen LogP contribution is 2.32. The van der Waals surface area contributed by atoms with Gasteiger partial charge in [0, 0.05) is 87.6 Å². The second-order valence-electron chi connectivity index (χ2n) is 12.0. The van der Waals surface area contributed by atoms with Gasteiger partial charge in [-0.25, -0.2) is 23.2 Å². The summed E-state index contributed by atoms with van der Waals surface area (Å²) in [5.74, 6) is 1.03. The van der Waals surface area contributed by atoms with Gasteiger partial charge in [0.25, 0.3) is 0 Å². The second-order valence-corrected chi connectivity index (χ2v) is 14.0. The lowest BCUT2D eigenvalue weighted by Crippen LogP contribution is -2.48. The Balaban J connectivity index is 0.964. The molecule has 242 valence electrons. The van der Waals surface area contributed by atoms with Crippen molar-refractivity contribution in [2.45, 2.75) is 25.2 Å². The van der Waals surface area contributed by atoms with Crippen molar-refractivity contribution in [2.75, 3.05) is 95.2 Å². The molecular formula is C32H43N7O5S. The molecule has 1 N–H and O–H groups in total. The summed E-state index contributed by atoms with van der Waals surface area (Å²) in [6.45, 7) is 8.61. The fourth-order valence-electron chi connectivity index (χ4n) is 6.37. The molecule has 0 saturated carbocycles. The van der Waals surface area contributed by atoms with E-state index in [1.807, 2.05) is 35.2 Å². The molecule has 4 heterocycles. The van der Waals surface area contributed by atoms with Crippen molar-refractivity contribution >= 4 is 38.3 Å². The van der Waals surface area contributed by atoms with Gasteiger partial charge in [0.2, 0.25) is 10.0 Å². The molecule has 45 heavy (non-hydrogen) atoms. The number of morpholine rings is 1. The summed E-state index contributed by atoms with van der Waals surface area (Å²) in [6, 6.07) is 14.0. The van der Waals surface area contributed by atoms with E-state index in [-0.39, 0.29) is 11.9 Å². The van der Waals surface area contributed by atoms with Crippen molar-refractivity contribution in [2.24, 2.45) is 0 Å². The first-order valence-electron chi connectivity index (χ1n) is 15.9. The zero-order valence-corrected chi connectivity index (χ0v) is 26.8. The van der Waals surface area contributed by atoms with Gasteiger partial charge < -0.3 is 29.5 Å². The quantitative estimate of drug-likeness (QED) is 0.353. The number of rotatable bonds is 9. The summed E-state index contributed by atoms with van der Waals surface area (Å²) < 4.78 is 36.4. The monoisotopic (exact) mass is 637 g/mol. The number of anilines is 2. The number of carbonyl (C=O) groups is 1. The standard InChI is InChI=1S/C32H43N7O5S/c1-45(41,42)39-16-14-36(15-17-39)11-2-20-44-28-7-8-29-30(23-28)33-24-34-31(29)25-9-12-38(13-10-25)32(40)35-26-3-5-27(6-4-26)37-18-21-43-22-19-37/h3-8,23-25H,2,9-22H2,1H3,(H,35,40). The maximum atomic E-state index is 13.0. The molecule has 3 saturated heterocycles. The highest BCUT2D eigenvalue weighted by molar-refractivity contribution is 7.88. The van der Waals surface area contributed by atoms with Gasteiger partial charge in [-0.15, -0.1) is 0 Å². The topological polar surface area (TPSA) is 120 Å². The predicted octanol–water partition coefficient (Wildman–Crippen LogP) is 3.22. The molecule has 6 rings (SSSR count). The van der Waals surface area contributed by atoms with Crippen LogP contribution in [0.1, 0.15) is 30.9 Å². The molecule has 2 aromatic carbocycles. The number of benzene rings is 2. The van der Waals surface area contributed by atoms with Crippen LogP contribution in [-0.2, 0) is 14.8 Å². The summed E-state index contributed by atoms with van der Waals surface area (Å²) in [5, 5.41) is 4.08. The van der Waals surface area contributed by atoms with Crippen molar-refractivity contribution in [1.82, 2.24) is 24.1 Å².